The summed E-state index contributed by atoms with van der Waals surface area (Å²) in [6.45, 7) is 2.05. The van der Waals surface area contributed by atoms with Gasteiger partial charge in [-0.1, -0.05) is 15.9 Å². The highest BCUT2D eigenvalue weighted by atomic mass is 79.9. The van der Waals surface area contributed by atoms with E-state index in [1.807, 2.05) is 0 Å². The Morgan fingerprint density at radius 1 is 1.36 bits per heavy atom. The second-order valence-electron chi connectivity index (χ2n) is 5.98. The van der Waals surface area contributed by atoms with E-state index >= 15 is 0 Å². The summed E-state index contributed by atoms with van der Waals surface area (Å²) in [6.07, 6.45) is 2.09. The third kappa shape index (κ3) is 3.04. The molecule has 4 rings (SSSR count). The van der Waals surface area contributed by atoms with Gasteiger partial charge in [-0.05, 0) is 44.0 Å². The van der Waals surface area contributed by atoms with Gasteiger partial charge in [0, 0.05) is 27.7 Å². The third-order valence-corrected chi connectivity index (χ3v) is 4.64. The number of carbonyl (C=O) groups excluding carboxylic acids is 1. The molecule has 1 fully saturated rings. The molecular formula is C18H15BrFN3O2. The van der Waals surface area contributed by atoms with Gasteiger partial charge in [0.25, 0.3) is 0 Å². The summed E-state index contributed by atoms with van der Waals surface area (Å²) in [4.78, 5) is 16.4. The Bertz CT molecular complexity index is 982. The fourth-order valence-corrected chi connectivity index (χ4v) is 3.14. The maximum absolute atomic E-state index is 14.3. The number of fused-ring (bicyclic) bond motifs is 1. The van der Waals surface area contributed by atoms with Crippen molar-refractivity contribution in [2.45, 2.75) is 25.7 Å². The number of hydrogen-bond acceptors (Lipinski definition) is 4. The Balaban J connectivity index is 1.86. The zero-order chi connectivity index (χ0) is 17.6. The van der Waals surface area contributed by atoms with E-state index in [0.717, 1.165) is 18.5 Å². The number of esters is 1. The summed E-state index contributed by atoms with van der Waals surface area (Å²) in [5.41, 5.74) is 2.58. The first kappa shape index (κ1) is 16.2. The molecule has 0 bridgehead atoms. The second-order valence-corrected chi connectivity index (χ2v) is 6.90. The van der Waals surface area contributed by atoms with Gasteiger partial charge in [-0.25, -0.2) is 18.7 Å². The van der Waals surface area contributed by atoms with Gasteiger partial charge in [-0.2, -0.15) is 5.10 Å². The fourth-order valence-electron chi connectivity index (χ4n) is 2.81. The number of rotatable bonds is 4. The first-order valence-corrected chi connectivity index (χ1v) is 8.89. The predicted octanol–water partition coefficient (Wildman–Crippen LogP) is 4.35. The van der Waals surface area contributed by atoms with Crippen LogP contribution < -0.4 is 0 Å². The van der Waals surface area contributed by atoms with Crippen molar-refractivity contribution in [3.05, 3.63) is 52.0 Å². The van der Waals surface area contributed by atoms with Crippen LogP contribution in [0.4, 0.5) is 4.39 Å². The maximum atomic E-state index is 14.3. The van der Waals surface area contributed by atoms with Crippen LogP contribution in [0.15, 0.2) is 34.8 Å². The molecule has 0 radical (unpaired) electrons. The predicted molar refractivity (Wildman–Crippen MR) is 94.0 cm³/mol. The molecule has 2 heterocycles. The first-order chi connectivity index (χ1) is 12.1. The summed E-state index contributed by atoms with van der Waals surface area (Å²) in [6, 6.07) is 8.27. The van der Waals surface area contributed by atoms with E-state index in [0.29, 0.717) is 33.9 Å². The molecule has 0 spiro atoms. The van der Waals surface area contributed by atoms with Crippen LogP contribution >= 0.6 is 15.9 Å². The SMILES string of the molecule is CCOC(=O)c1cc(C2CC2)n2nc(-c3ccc(Br)cc3F)cc2n1. The number of ether oxygens (including phenoxy) is 1. The molecule has 0 N–H and O–H groups in total. The molecule has 1 aliphatic rings. The number of carbonyl (C=O) groups is 1. The van der Waals surface area contributed by atoms with Gasteiger partial charge in [-0.3, -0.25) is 0 Å². The van der Waals surface area contributed by atoms with Crippen LogP contribution in [0.3, 0.4) is 0 Å². The van der Waals surface area contributed by atoms with Gasteiger partial charge < -0.3 is 4.74 Å². The largest absolute Gasteiger partial charge is 0.461 e. The van der Waals surface area contributed by atoms with Crippen molar-refractivity contribution in [2.75, 3.05) is 6.61 Å². The highest BCUT2D eigenvalue weighted by Gasteiger charge is 2.29. The molecule has 5 nitrogen and oxygen atoms in total. The van der Waals surface area contributed by atoms with Crippen molar-refractivity contribution in [2.24, 2.45) is 0 Å². The second kappa shape index (κ2) is 6.22. The monoisotopic (exact) mass is 403 g/mol. The molecule has 7 heteroatoms. The van der Waals surface area contributed by atoms with Gasteiger partial charge in [0.1, 0.15) is 5.82 Å². The Hall–Kier alpha value is -2.28. The third-order valence-electron chi connectivity index (χ3n) is 4.14. The van der Waals surface area contributed by atoms with Crippen LogP contribution in [0.2, 0.25) is 0 Å². The Labute approximate surface area is 152 Å². The molecular weight excluding hydrogens is 389 g/mol. The van der Waals surface area contributed by atoms with Crippen molar-refractivity contribution in [3.63, 3.8) is 0 Å². The van der Waals surface area contributed by atoms with Crippen LogP contribution in [0.1, 0.15) is 41.9 Å². The van der Waals surface area contributed by atoms with Crippen LogP contribution in [-0.2, 0) is 4.74 Å². The zero-order valence-corrected chi connectivity index (χ0v) is 15.1. The fraction of sp³-hybridized carbons (Fsp3) is 0.278. The van der Waals surface area contributed by atoms with Gasteiger partial charge in [0.15, 0.2) is 11.3 Å². The molecule has 0 amide bonds. The highest BCUT2D eigenvalue weighted by molar-refractivity contribution is 9.10. The zero-order valence-electron chi connectivity index (χ0n) is 13.5. The molecule has 1 aliphatic carbocycles. The quantitative estimate of drug-likeness (QED) is 0.607. The lowest BCUT2D eigenvalue weighted by atomic mass is 10.1. The Morgan fingerprint density at radius 3 is 2.84 bits per heavy atom. The minimum atomic E-state index is -0.454. The van der Waals surface area contributed by atoms with Crippen LogP contribution in [0, 0.1) is 5.82 Å². The standard InChI is InChI=1S/C18H15BrFN3O2/c1-2-25-18(24)15-8-16(10-3-4-10)23-17(21-15)9-14(22-23)12-6-5-11(19)7-13(12)20/h5-10H,2-4H2,1H3. The molecule has 25 heavy (non-hydrogen) atoms. The number of nitrogens with zero attached hydrogens (tertiary/aromatic N) is 3. The van der Waals surface area contributed by atoms with Crippen molar-refractivity contribution in [1.29, 1.82) is 0 Å². The van der Waals surface area contributed by atoms with E-state index < -0.39 is 5.97 Å². The molecule has 128 valence electrons. The van der Waals surface area contributed by atoms with Crippen molar-refractivity contribution >= 4 is 27.5 Å². The van der Waals surface area contributed by atoms with Crippen molar-refractivity contribution in [3.8, 4) is 11.3 Å². The summed E-state index contributed by atoms with van der Waals surface area (Å²) >= 11 is 3.25. The molecule has 0 aliphatic heterocycles. The van der Waals surface area contributed by atoms with Gasteiger partial charge >= 0.3 is 5.97 Å². The van der Waals surface area contributed by atoms with E-state index in [2.05, 4.69) is 26.0 Å². The number of halogens is 2. The lowest BCUT2D eigenvalue weighted by Gasteiger charge is -2.06. The van der Waals surface area contributed by atoms with Gasteiger partial charge in [-0.15, -0.1) is 0 Å². The summed E-state index contributed by atoms with van der Waals surface area (Å²) in [5, 5.41) is 4.53. The van der Waals surface area contributed by atoms with Crippen molar-refractivity contribution in [1.82, 2.24) is 14.6 Å². The summed E-state index contributed by atoms with van der Waals surface area (Å²) in [5.74, 6) is -0.470. The number of benzene rings is 1. The molecule has 1 aromatic carbocycles. The topological polar surface area (TPSA) is 56.5 Å². The lowest BCUT2D eigenvalue weighted by Crippen LogP contribution is -2.10. The maximum Gasteiger partial charge on any atom is 0.357 e. The molecule has 2 aromatic heterocycles. The Morgan fingerprint density at radius 2 is 2.16 bits per heavy atom. The number of hydrogen-bond donors (Lipinski definition) is 0. The van der Waals surface area contributed by atoms with Crippen LogP contribution in [-0.4, -0.2) is 27.2 Å². The first-order valence-electron chi connectivity index (χ1n) is 8.10. The lowest BCUT2D eigenvalue weighted by molar-refractivity contribution is 0.0519. The van der Waals surface area contributed by atoms with E-state index in [1.165, 1.54) is 6.07 Å². The molecule has 0 unspecified atom stereocenters. The average molecular weight is 404 g/mol. The van der Waals surface area contributed by atoms with E-state index in [9.17, 15) is 9.18 Å². The molecule has 3 aromatic rings. The van der Waals surface area contributed by atoms with Crippen molar-refractivity contribution < 1.29 is 13.9 Å². The summed E-state index contributed by atoms with van der Waals surface area (Å²) < 4.78 is 21.7. The van der Waals surface area contributed by atoms with Gasteiger partial charge in [0.2, 0.25) is 0 Å². The minimum Gasteiger partial charge on any atom is -0.461 e. The van der Waals surface area contributed by atoms with Crippen LogP contribution in [0.25, 0.3) is 16.9 Å². The molecule has 0 atom stereocenters. The summed E-state index contributed by atoms with van der Waals surface area (Å²) in [7, 11) is 0. The van der Waals surface area contributed by atoms with Crippen LogP contribution in [0.5, 0.6) is 0 Å². The minimum absolute atomic E-state index is 0.263. The smallest absolute Gasteiger partial charge is 0.357 e. The van der Waals surface area contributed by atoms with E-state index in [4.69, 9.17) is 4.74 Å². The molecule has 1 saturated carbocycles. The highest BCUT2D eigenvalue weighted by Crippen LogP contribution is 2.40. The molecule has 0 saturated heterocycles. The van der Waals surface area contributed by atoms with E-state index in [1.54, 1.807) is 35.7 Å². The van der Waals surface area contributed by atoms with E-state index in [-0.39, 0.29) is 11.5 Å². The number of aromatic nitrogens is 3. The van der Waals surface area contributed by atoms with Gasteiger partial charge in [0.05, 0.1) is 12.3 Å². The Kier molecular flexibility index (Phi) is 4.03. The normalized spacial score (nSPS) is 14.0. The average Bonchev–Trinajstić information content (AvgIpc) is 3.33.